The molecule has 0 aliphatic heterocycles. The summed E-state index contributed by atoms with van der Waals surface area (Å²) in [6.07, 6.45) is 1.89. The molecule has 1 rings (SSSR count). The van der Waals surface area contributed by atoms with Gasteiger partial charge in [-0.25, -0.2) is 8.42 Å². The highest BCUT2D eigenvalue weighted by Crippen LogP contribution is 2.11. The van der Waals surface area contributed by atoms with Crippen molar-refractivity contribution >= 4 is 21.7 Å². The number of benzene rings is 1. The summed E-state index contributed by atoms with van der Waals surface area (Å²) in [5, 5.41) is 5.07. The molecule has 0 bridgehead atoms. The fourth-order valence-electron chi connectivity index (χ4n) is 1.46. The SMILES string of the molecule is CCCNC(=O)CNC(=O)c1cccc(S(C)(=O)=O)c1. The molecule has 0 unspecified atom stereocenters. The van der Waals surface area contributed by atoms with E-state index < -0.39 is 15.7 Å². The Morgan fingerprint density at radius 1 is 1.20 bits per heavy atom. The molecule has 0 spiro atoms. The van der Waals surface area contributed by atoms with Crippen LogP contribution in [0.2, 0.25) is 0 Å². The second-order valence-electron chi connectivity index (χ2n) is 4.33. The first-order valence-corrected chi connectivity index (χ1v) is 8.08. The number of carbonyl (C=O) groups is 2. The van der Waals surface area contributed by atoms with Crippen molar-refractivity contribution in [2.45, 2.75) is 18.2 Å². The largest absolute Gasteiger partial charge is 0.355 e. The third kappa shape index (κ3) is 5.00. The van der Waals surface area contributed by atoms with Crippen molar-refractivity contribution in [1.82, 2.24) is 10.6 Å². The van der Waals surface area contributed by atoms with Gasteiger partial charge in [0.15, 0.2) is 9.84 Å². The average Bonchev–Trinajstić information content (AvgIpc) is 2.41. The number of hydrogen-bond acceptors (Lipinski definition) is 4. The zero-order valence-electron chi connectivity index (χ0n) is 11.5. The molecule has 1 aromatic carbocycles. The summed E-state index contributed by atoms with van der Waals surface area (Å²) in [5.41, 5.74) is 0.205. The molecule has 2 N–H and O–H groups in total. The highest BCUT2D eigenvalue weighted by molar-refractivity contribution is 7.90. The Kier molecular flexibility index (Phi) is 5.69. The van der Waals surface area contributed by atoms with Gasteiger partial charge in [-0.05, 0) is 24.6 Å². The van der Waals surface area contributed by atoms with Crippen LogP contribution in [0.25, 0.3) is 0 Å². The molecular formula is C13H18N2O4S. The summed E-state index contributed by atoms with van der Waals surface area (Å²) in [7, 11) is -3.36. The highest BCUT2D eigenvalue weighted by atomic mass is 32.2. The van der Waals surface area contributed by atoms with Gasteiger partial charge in [0, 0.05) is 18.4 Å². The first-order chi connectivity index (χ1) is 9.34. The Hall–Kier alpha value is -1.89. The Bertz CT molecular complexity index is 596. The summed E-state index contributed by atoms with van der Waals surface area (Å²) in [6.45, 7) is 2.34. The number of sulfone groups is 1. The average molecular weight is 298 g/mol. The lowest BCUT2D eigenvalue weighted by Gasteiger charge is -2.07. The molecule has 0 radical (unpaired) electrons. The monoisotopic (exact) mass is 298 g/mol. The number of carbonyl (C=O) groups excluding carboxylic acids is 2. The van der Waals surface area contributed by atoms with E-state index in [4.69, 9.17) is 0 Å². The minimum atomic E-state index is -3.36. The summed E-state index contributed by atoms with van der Waals surface area (Å²) in [6, 6.07) is 5.69. The van der Waals surface area contributed by atoms with Crippen LogP contribution in [0, 0.1) is 0 Å². The minimum Gasteiger partial charge on any atom is -0.355 e. The van der Waals surface area contributed by atoms with Crippen LogP contribution in [0.3, 0.4) is 0 Å². The predicted octanol–water partition coefficient (Wildman–Crippen LogP) is 0.346. The van der Waals surface area contributed by atoms with E-state index in [-0.39, 0.29) is 22.9 Å². The van der Waals surface area contributed by atoms with E-state index in [2.05, 4.69) is 10.6 Å². The van der Waals surface area contributed by atoms with Crippen LogP contribution in [-0.2, 0) is 14.6 Å². The lowest BCUT2D eigenvalue weighted by molar-refractivity contribution is -0.120. The van der Waals surface area contributed by atoms with Crippen molar-refractivity contribution in [3.63, 3.8) is 0 Å². The molecular weight excluding hydrogens is 280 g/mol. The number of nitrogens with one attached hydrogen (secondary N) is 2. The Labute approximate surface area is 118 Å². The molecule has 0 aliphatic carbocycles. The summed E-state index contributed by atoms with van der Waals surface area (Å²) in [4.78, 5) is 23.2. The fourth-order valence-corrected chi connectivity index (χ4v) is 2.12. The second kappa shape index (κ2) is 7.04. The topological polar surface area (TPSA) is 92.3 Å². The minimum absolute atomic E-state index is 0.0700. The van der Waals surface area contributed by atoms with Gasteiger partial charge < -0.3 is 10.6 Å². The van der Waals surface area contributed by atoms with Crippen LogP contribution >= 0.6 is 0 Å². The molecule has 0 atom stereocenters. The van der Waals surface area contributed by atoms with E-state index in [1.54, 1.807) is 0 Å². The quantitative estimate of drug-likeness (QED) is 0.792. The molecule has 0 heterocycles. The number of rotatable bonds is 6. The Balaban J connectivity index is 2.67. The first kappa shape index (κ1) is 16.2. The Morgan fingerprint density at radius 3 is 2.50 bits per heavy atom. The van der Waals surface area contributed by atoms with Gasteiger partial charge in [0.25, 0.3) is 5.91 Å². The van der Waals surface area contributed by atoms with Gasteiger partial charge in [0.2, 0.25) is 5.91 Å². The van der Waals surface area contributed by atoms with Crippen LogP contribution < -0.4 is 10.6 Å². The third-order valence-electron chi connectivity index (χ3n) is 2.51. The van der Waals surface area contributed by atoms with E-state index in [1.165, 1.54) is 24.3 Å². The third-order valence-corrected chi connectivity index (χ3v) is 3.62. The lowest BCUT2D eigenvalue weighted by atomic mass is 10.2. The highest BCUT2D eigenvalue weighted by Gasteiger charge is 2.12. The van der Waals surface area contributed by atoms with Crippen molar-refractivity contribution in [2.24, 2.45) is 0 Å². The maximum absolute atomic E-state index is 11.8. The van der Waals surface area contributed by atoms with E-state index in [1.807, 2.05) is 6.92 Å². The van der Waals surface area contributed by atoms with Crippen LogP contribution in [-0.4, -0.2) is 39.6 Å². The molecule has 2 amide bonds. The van der Waals surface area contributed by atoms with Gasteiger partial charge in [-0.2, -0.15) is 0 Å². The zero-order chi connectivity index (χ0) is 15.2. The molecule has 20 heavy (non-hydrogen) atoms. The van der Waals surface area contributed by atoms with Gasteiger partial charge >= 0.3 is 0 Å². The number of amides is 2. The molecule has 0 fully saturated rings. The molecule has 7 heteroatoms. The normalized spacial score (nSPS) is 10.9. The molecule has 110 valence electrons. The number of hydrogen-bond donors (Lipinski definition) is 2. The molecule has 0 aliphatic rings. The first-order valence-electron chi connectivity index (χ1n) is 6.19. The smallest absolute Gasteiger partial charge is 0.251 e. The van der Waals surface area contributed by atoms with E-state index >= 15 is 0 Å². The predicted molar refractivity (Wildman–Crippen MR) is 75.2 cm³/mol. The molecule has 1 aromatic rings. The van der Waals surface area contributed by atoms with Crippen molar-refractivity contribution in [3.05, 3.63) is 29.8 Å². The molecule has 0 aromatic heterocycles. The second-order valence-corrected chi connectivity index (χ2v) is 6.35. The van der Waals surface area contributed by atoms with Crippen LogP contribution in [0.1, 0.15) is 23.7 Å². The van der Waals surface area contributed by atoms with Crippen molar-refractivity contribution in [1.29, 1.82) is 0 Å². The fraction of sp³-hybridized carbons (Fsp3) is 0.385. The maximum atomic E-state index is 11.8. The maximum Gasteiger partial charge on any atom is 0.251 e. The van der Waals surface area contributed by atoms with Gasteiger partial charge in [-0.1, -0.05) is 13.0 Å². The van der Waals surface area contributed by atoms with Gasteiger partial charge in [0.05, 0.1) is 11.4 Å². The van der Waals surface area contributed by atoms with Crippen molar-refractivity contribution in [2.75, 3.05) is 19.3 Å². The van der Waals surface area contributed by atoms with Crippen molar-refractivity contribution < 1.29 is 18.0 Å². The van der Waals surface area contributed by atoms with Crippen LogP contribution in [0.5, 0.6) is 0 Å². The van der Waals surface area contributed by atoms with E-state index in [0.29, 0.717) is 6.54 Å². The molecule has 0 saturated carbocycles. The Morgan fingerprint density at radius 2 is 1.90 bits per heavy atom. The summed E-state index contributed by atoms with van der Waals surface area (Å²) >= 11 is 0. The summed E-state index contributed by atoms with van der Waals surface area (Å²) < 4.78 is 22.8. The van der Waals surface area contributed by atoms with Crippen LogP contribution in [0.4, 0.5) is 0 Å². The molecule has 6 nitrogen and oxygen atoms in total. The van der Waals surface area contributed by atoms with Crippen molar-refractivity contribution in [3.8, 4) is 0 Å². The standard InChI is InChI=1S/C13H18N2O4S/c1-3-7-14-12(16)9-15-13(17)10-5-4-6-11(8-10)20(2,18)19/h4-6,8H,3,7,9H2,1-2H3,(H,14,16)(H,15,17). The lowest BCUT2D eigenvalue weighted by Crippen LogP contribution is -2.37. The molecule has 0 saturated heterocycles. The van der Waals surface area contributed by atoms with Gasteiger partial charge in [-0.15, -0.1) is 0 Å². The van der Waals surface area contributed by atoms with Gasteiger partial charge in [0.1, 0.15) is 0 Å². The van der Waals surface area contributed by atoms with Crippen LogP contribution in [0.15, 0.2) is 29.2 Å². The summed E-state index contributed by atoms with van der Waals surface area (Å²) in [5.74, 6) is -0.762. The van der Waals surface area contributed by atoms with E-state index in [0.717, 1.165) is 12.7 Å². The van der Waals surface area contributed by atoms with E-state index in [9.17, 15) is 18.0 Å². The zero-order valence-corrected chi connectivity index (χ0v) is 12.3. The van der Waals surface area contributed by atoms with Gasteiger partial charge in [-0.3, -0.25) is 9.59 Å².